The van der Waals surface area contributed by atoms with Crippen molar-refractivity contribution in [3.63, 3.8) is 0 Å². The smallest absolute Gasteiger partial charge is 0.235 e. The van der Waals surface area contributed by atoms with E-state index < -0.39 is 0 Å². The number of thioether (sulfide) groups is 2. The molecule has 0 aliphatic carbocycles. The lowest BCUT2D eigenvalue weighted by Crippen LogP contribution is -2.29. The number of aromatic nitrogens is 2. The number of amides is 1. The number of hydrogen-bond donors (Lipinski definition) is 0. The van der Waals surface area contributed by atoms with Crippen LogP contribution in [-0.4, -0.2) is 51.9 Å². The Kier molecular flexibility index (Phi) is 6.61. The van der Waals surface area contributed by atoms with Crippen LogP contribution in [0.1, 0.15) is 17.3 Å². The predicted molar refractivity (Wildman–Crippen MR) is 95.4 cm³/mol. The van der Waals surface area contributed by atoms with Gasteiger partial charge in [-0.25, -0.2) is 0 Å². The van der Waals surface area contributed by atoms with Crippen molar-refractivity contribution >= 4 is 46.6 Å². The first-order valence-electron chi connectivity index (χ1n) is 6.89. The summed E-state index contributed by atoms with van der Waals surface area (Å²) in [6.45, 7) is 1.85. The minimum Gasteiger partial charge on any atom is -0.348 e. The molecular weight excluding hydrogens is 350 g/mol. The molecule has 0 N–H and O–H groups in total. The van der Waals surface area contributed by atoms with Gasteiger partial charge in [0.2, 0.25) is 5.91 Å². The van der Waals surface area contributed by atoms with E-state index in [-0.39, 0.29) is 16.9 Å². The number of ketones is 1. The molecule has 0 bridgehead atoms. The van der Waals surface area contributed by atoms with E-state index >= 15 is 0 Å². The molecule has 1 aromatic heterocycles. The van der Waals surface area contributed by atoms with Crippen LogP contribution in [0.3, 0.4) is 0 Å². The lowest BCUT2D eigenvalue weighted by Gasteiger charge is -2.14. The third-order valence-corrected chi connectivity index (χ3v) is 6.10. The average Bonchev–Trinajstić information content (AvgIpc) is 2.99. The van der Waals surface area contributed by atoms with E-state index in [0.717, 1.165) is 8.68 Å². The third-order valence-electron chi connectivity index (χ3n) is 2.88. The van der Waals surface area contributed by atoms with Crippen molar-refractivity contribution in [1.82, 2.24) is 15.1 Å². The summed E-state index contributed by atoms with van der Waals surface area (Å²) in [4.78, 5) is 25.4. The molecule has 0 fully saturated rings. The molecule has 0 saturated heterocycles. The van der Waals surface area contributed by atoms with Gasteiger partial charge in [-0.05, 0) is 6.92 Å². The zero-order chi connectivity index (χ0) is 16.8. The molecule has 2 aromatic rings. The standard InChI is InChI=1S/C15H17N3O2S3/c1-10(13(20)18(2)3)22-15-17-16-14(23-15)21-9-12(19)11-7-5-4-6-8-11/h4-8,10H,9H2,1-3H3/t10-/m0/s1. The second-order valence-electron chi connectivity index (χ2n) is 4.90. The molecule has 1 heterocycles. The summed E-state index contributed by atoms with van der Waals surface area (Å²) in [5.74, 6) is 0.435. The van der Waals surface area contributed by atoms with Crippen molar-refractivity contribution in [3.05, 3.63) is 35.9 Å². The number of carbonyl (C=O) groups excluding carboxylic acids is 2. The van der Waals surface area contributed by atoms with E-state index in [2.05, 4.69) is 10.2 Å². The zero-order valence-electron chi connectivity index (χ0n) is 13.1. The molecule has 1 amide bonds. The van der Waals surface area contributed by atoms with Gasteiger partial charge < -0.3 is 4.90 Å². The lowest BCUT2D eigenvalue weighted by atomic mass is 10.2. The van der Waals surface area contributed by atoms with E-state index in [9.17, 15) is 9.59 Å². The number of hydrogen-bond acceptors (Lipinski definition) is 7. The molecule has 23 heavy (non-hydrogen) atoms. The summed E-state index contributed by atoms with van der Waals surface area (Å²) >= 11 is 4.17. The van der Waals surface area contributed by atoms with Crippen LogP contribution < -0.4 is 0 Å². The Labute approximate surface area is 147 Å². The van der Waals surface area contributed by atoms with Gasteiger partial charge >= 0.3 is 0 Å². The van der Waals surface area contributed by atoms with E-state index in [1.165, 1.54) is 34.9 Å². The van der Waals surface area contributed by atoms with Crippen LogP contribution in [0, 0.1) is 0 Å². The van der Waals surface area contributed by atoms with Crippen molar-refractivity contribution in [2.24, 2.45) is 0 Å². The predicted octanol–water partition coefficient (Wildman–Crippen LogP) is 3.08. The van der Waals surface area contributed by atoms with Crippen LogP contribution >= 0.6 is 34.9 Å². The Balaban J connectivity index is 1.88. The molecule has 122 valence electrons. The van der Waals surface area contributed by atoms with E-state index in [0.29, 0.717) is 11.3 Å². The second kappa shape index (κ2) is 8.47. The minimum atomic E-state index is -0.207. The van der Waals surface area contributed by atoms with Crippen LogP contribution in [0.25, 0.3) is 0 Å². The van der Waals surface area contributed by atoms with Crippen LogP contribution in [0.4, 0.5) is 0 Å². The highest BCUT2D eigenvalue weighted by molar-refractivity contribution is 8.04. The quantitative estimate of drug-likeness (QED) is 0.553. The Bertz CT molecular complexity index is 674. The molecule has 0 unspecified atom stereocenters. The highest BCUT2D eigenvalue weighted by atomic mass is 32.2. The number of carbonyl (C=O) groups is 2. The first-order chi connectivity index (χ1) is 11.0. The van der Waals surface area contributed by atoms with E-state index in [1.807, 2.05) is 25.1 Å². The second-order valence-corrected chi connectivity index (χ2v) is 8.69. The fraction of sp³-hybridized carbons (Fsp3) is 0.333. The third kappa shape index (κ3) is 5.33. The van der Waals surface area contributed by atoms with Gasteiger partial charge in [0, 0.05) is 19.7 Å². The fourth-order valence-corrected chi connectivity index (χ4v) is 4.91. The Hall–Kier alpha value is -1.38. The highest BCUT2D eigenvalue weighted by Crippen LogP contribution is 2.31. The Morgan fingerprint density at radius 2 is 1.83 bits per heavy atom. The van der Waals surface area contributed by atoms with Gasteiger partial charge in [0.05, 0.1) is 11.0 Å². The first kappa shape index (κ1) is 18.0. The van der Waals surface area contributed by atoms with Crippen molar-refractivity contribution < 1.29 is 9.59 Å². The summed E-state index contributed by atoms with van der Waals surface area (Å²) in [5.41, 5.74) is 0.698. The van der Waals surface area contributed by atoms with Gasteiger partial charge in [0.15, 0.2) is 14.5 Å². The van der Waals surface area contributed by atoms with E-state index in [4.69, 9.17) is 0 Å². The molecular formula is C15H17N3O2S3. The van der Waals surface area contributed by atoms with Crippen LogP contribution in [-0.2, 0) is 4.79 Å². The maximum atomic E-state index is 12.0. The van der Waals surface area contributed by atoms with E-state index in [1.54, 1.807) is 31.1 Å². The Morgan fingerprint density at radius 3 is 2.48 bits per heavy atom. The average molecular weight is 368 g/mol. The van der Waals surface area contributed by atoms with Gasteiger partial charge in [-0.15, -0.1) is 10.2 Å². The molecule has 0 aliphatic heterocycles. The molecule has 2 rings (SSSR count). The minimum absolute atomic E-state index is 0.0404. The summed E-state index contributed by atoms with van der Waals surface area (Å²) in [6.07, 6.45) is 0. The lowest BCUT2D eigenvalue weighted by molar-refractivity contribution is -0.127. The summed E-state index contributed by atoms with van der Waals surface area (Å²) in [7, 11) is 3.46. The van der Waals surface area contributed by atoms with Gasteiger partial charge in [-0.3, -0.25) is 9.59 Å². The summed E-state index contributed by atoms with van der Waals surface area (Å²) in [5, 5.41) is 7.94. The van der Waals surface area contributed by atoms with Crippen molar-refractivity contribution in [2.75, 3.05) is 19.8 Å². The van der Waals surface area contributed by atoms with Gasteiger partial charge in [0.1, 0.15) is 0 Å². The number of rotatable bonds is 7. The molecule has 0 aliphatic rings. The van der Waals surface area contributed by atoms with Gasteiger partial charge in [-0.2, -0.15) is 0 Å². The van der Waals surface area contributed by atoms with Crippen molar-refractivity contribution in [2.45, 2.75) is 20.9 Å². The topological polar surface area (TPSA) is 63.2 Å². The van der Waals surface area contributed by atoms with Crippen LogP contribution in [0.2, 0.25) is 0 Å². The number of nitrogens with zero attached hydrogens (tertiary/aromatic N) is 3. The fourth-order valence-electron chi connectivity index (χ4n) is 1.70. The molecule has 1 aromatic carbocycles. The molecule has 0 saturated carbocycles. The maximum Gasteiger partial charge on any atom is 0.235 e. The normalized spacial score (nSPS) is 12.0. The van der Waals surface area contributed by atoms with Crippen LogP contribution in [0.5, 0.6) is 0 Å². The first-order valence-corrected chi connectivity index (χ1v) is 9.58. The van der Waals surface area contributed by atoms with Crippen molar-refractivity contribution in [3.8, 4) is 0 Å². The molecule has 0 spiro atoms. The maximum absolute atomic E-state index is 12.0. The van der Waals surface area contributed by atoms with Gasteiger partial charge in [0.25, 0.3) is 0 Å². The highest BCUT2D eigenvalue weighted by Gasteiger charge is 2.19. The number of benzene rings is 1. The molecule has 1 atom stereocenters. The zero-order valence-corrected chi connectivity index (χ0v) is 15.5. The Morgan fingerprint density at radius 1 is 1.17 bits per heavy atom. The monoisotopic (exact) mass is 367 g/mol. The van der Waals surface area contributed by atoms with Crippen LogP contribution in [0.15, 0.2) is 39.0 Å². The SMILES string of the molecule is C[C@H](Sc1nnc(SCC(=O)c2ccccc2)s1)C(=O)N(C)C. The molecule has 0 radical (unpaired) electrons. The van der Waals surface area contributed by atoms with Gasteiger partial charge in [-0.1, -0.05) is 65.2 Å². The molecule has 5 nitrogen and oxygen atoms in total. The largest absolute Gasteiger partial charge is 0.348 e. The van der Waals surface area contributed by atoms with Crippen molar-refractivity contribution in [1.29, 1.82) is 0 Å². The summed E-state index contributed by atoms with van der Waals surface area (Å²) in [6, 6.07) is 9.19. The number of Topliss-reactive ketones (excluding diaryl/α,β-unsaturated/α-hetero) is 1. The summed E-state index contributed by atoms with van der Waals surface area (Å²) < 4.78 is 1.48. The molecule has 8 heteroatoms.